The van der Waals surface area contributed by atoms with Crippen molar-refractivity contribution in [3.05, 3.63) is 53.6 Å². The molecule has 0 amide bonds. The van der Waals surface area contributed by atoms with Gasteiger partial charge in [-0.05, 0) is 24.6 Å². The molecular formula is C16H16ClN3O. The van der Waals surface area contributed by atoms with Gasteiger partial charge in [-0.1, -0.05) is 42.0 Å². The lowest BCUT2D eigenvalue weighted by atomic mass is 10.1. The Morgan fingerprint density at radius 2 is 2.00 bits per heavy atom. The lowest BCUT2D eigenvalue weighted by Crippen LogP contribution is -2.17. The van der Waals surface area contributed by atoms with Crippen LogP contribution in [-0.2, 0) is 0 Å². The highest BCUT2D eigenvalue weighted by Gasteiger charge is 2.18. The summed E-state index contributed by atoms with van der Waals surface area (Å²) in [6, 6.07) is 11.6. The second-order valence-electron chi connectivity index (χ2n) is 5.10. The van der Waals surface area contributed by atoms with Crippen molar-refractivity contribution in [2.24, 2.45) is 5.92 Å². The average molecular weight is 302 g/mol. The maximum atomic E-state index is 9.12. The second-order valence-corrected chi connectivity index (χ2v) is 5.50. The third kappa shape index (κ3) is 3.23. The molecule has 2 N–H and O–H groups in total. The Balaban J connectivity index is 1.70. The van der Waals surface area contributed by atoms with Gasteiger partial charge in [0.25, 0.3) is 0 Å². The van der Waals surface area contributed by atoms with Gasteiger partial charge in [0.05, 0.1) is 10.7 Å². The standard InChI is InChI=1S/C16H16ClN3O/c17-14-4-2-1-3-13(14)15-7-8-16(20-19-15)18-12-6-5-11(9-12)10-21/h1-8,11-12,21H,9-10H2,(H,18,20)/t11-,12+/m0/s1. The molecule has 1 aliphatic carbocycles. The normalized spacial score (nSPS) is 20.7. The zero-order valence-corrected chi connectivity index (χ0v) is 12.2. The van der Waals surface area contributed by atoms with Gasteiger partial charge in [0.1, 0.15) is 5.82 Å². The lowest BCUT2D eigenvalue weighted by molar-refractivity contribution is 0.250. The molecule has 108 valence electrons. The molecule has 4 nitrogen and oxygen atoms in total. The summed E-state index contributed by atoms with van der Waals surface area (Å²) in [6.45, 7) is 0.186. The van der Waals surface area contributed by atoms with Crippen molar-refractivity contribution >= 4 is 17.4 Å². The van der Waals surface area contributed by atoms with Gasteiger partial charge in [0.15, 0.2) is 0 Å². The molecular weight excluding hydrogens is 286 g/mol. The van der Waals surface area contributed by atoms with Crippen LogP contribution >= 0.6 is 11.6 Å². The number of nitrogens with zero attached hydrogens (tertiary/aromatic N) is 2. The van der Waals surface area contributed by atoms with Crippen LogP contribution in [0.25, 0.3) is 11.3 Å². The topological polar surface area (TPSA) is 58.0 Å². The predicted molar refractivity (Wildman–Crippen MR) is 84.2 cm³/mol. The van der Waals surface area contributed by atoms with E-state index in [0.29, 0.717) is 5.02 Å². The number of halogens is 1. The molecule has 0 spiro atoms. The number of benzene rings is 1. The first kappa shape index (κ1) is 14.0. The van der Waals surface area contributed by atoms with Gasteiger partial charge in [0, 0.05) is 24.1 Å². The van der Waals surface area contributed by atoms with Crippen LogP contribution < -0.4 is 5.32 Å². The van der Waals surface area contributed by atoms with Crippen LogP contribution in [0.1, 0.15) is 6.42 Å². The maximum Gasteiger partial charge on any atom is 0.149 e. The highest BCUT2D eigenvalue weighted by Crippen LogP contribution is 2.26. The summed E-state index contributed by atoms with van der Waals surface area (Å²) in [5, 5.41) is 21.5. The molecule has 21 heavy (non-hydrogen) atoms. The summed E-state index contributed by atoms with van der Waals surface area (Å²) in [5.74, 6) is 0.955. The zero-order chi connectivity index (χ0) is 14.7. The summed E-state index contributed by atoms with van der Waals surface area (Å²) < 4.78 is 0. The lowest BCUT2D eigenvalue weighted by Gasteiger charge is -2.13. The Bertz CT molecular complexity index is 642. The molecule has 1 aromatic heterocycles. The number of rotatable bonds is 4. The van der Waals surface area contributed by atoms with Crippen LogP contribution in [-0.4, -0.2) is 28.0 Å². The minimum absolute atomic E-state index is 0.186. The fraction of sp³-hybridized carbons (Fsp3) is 0.250. The van der Waals surface area contributed by atoms with E-state index in [1.807, 2.05) is 42.5 Å². The molecule has 0 aliphatic heterocycles. The smallest absolute Gasteiger partial charge is 0.149 e. The predicted octanol–water partition coefficient (Wildman–Crippen LogP) is 3.15. The van der Waals surface area contributed by atoms with Crippen LogP contribution in [0.2, 0.25) is 5.02 Å². The van der Waals surface area contributed by atoms with Gasteiger partial charge >= 0.3 is 0 Å². The summed E-state index contributed by atoms with van der Waals surface area (Å²) in [6.07, 6.45) is 4.97. The van der Waals surface area contributed by atoms with E-state index < -0.39 is 0 Å². The SMILES string of the molecule is OC[C@H]1C=C[C@@H](Nc2ccc(-c3ccccc3Cl)nn2)C1. The van der Waals surface area contributed by atoms with Crippen LogP contribution in [0.3, 0.4) is 0 Å². The van der Waals surface area contributed by atoms with Crippen molar-refractivity contribution in [3.8, 4) is 11.3 Å². The largest absolute Gasteiger partial charge is 0.396 e. The van der Waals surface area contributed by atoms with E-state index in [2.05, 4.69) is 21.6 Å². The van der Waals surface area contributed by atoms with E-state index >= 15 is 0 Å². The van der Waals surface area contributed by atoms with Crippen molar-refractivity contribution in [1.29, 1.82) is 0 Å². The van der Waals surface area contributed by atoms with Crippen molar-refractivity contribution in [1.82, 2.24) is 10.2 Å². The summed E-state index contributed by atoms with van der Waals surface area (Å²) in [5.41, 5.74) is 1.63. The molecule has 1 aromatic carbocycles. The van der Waals surface area contributed by atoms with E-state index in [-0.39, 0.29) is 18.6 Å². The number of aromatic nitrogens is 2. The Labute approximate surface area is 128 Å². The highest BCUT2D eigenvalue weighted by molar-refractivity contribution is 6.33. The van der Waals surface area contributed by atoms with E-state index in [0.717, 1.165) is 23.5 Å². The third-order valence-electron chi connectivity index (χ3n) is 3.55. The number of aliphatic hydroxyl groups is 1. The second kappa shape index (κ2) is 6.24. The van der Waals surface area contributed by atoms with Gasteiger partial charge in [-0.25, -0.2) is 0 Å². The van der Waals surface area contributed by atoms with Gasteiger partial charge in [0.2, 0.25) is 0 Å². The summed E-state index contributed by atoms with van der Waals surface area (Å²) in [4.78, 5) is 0. The monoisotopic (exact) mass is 301 g/mol. The molecule has 5 heteroatoms. The number of aliphatic hydroxyl groups excluding tert-OH is 1. The minimum atomic E-state index is 0.186. The average Bonchev–Trinajstić information content (AvgIpc) is 2.96. The maximum absolute atomic E-state index is 9.12. The van der Waals surface area contributed by atoms with Crippen molar-refractivity contribution < 1.29 is 5.11 Å². The molecule has 1 aliphatic rings. The molecule has 0 saturated heterocycles. The molecule has 2 atom stereocenters. The van der Waals surface area contributed by atoms with Crippen LogP contribution in [0.15, 0.2) is 48.6 Å². The number of nitrogens with one attached hydrogen (secondary N) is 1. The van der Waals surface area contributed by atoms with Gasteiger partial charge in [-0.15, -0.1) is 10.2 Å². The van der Waals surface area contributed by atoms with Gasteiger partial charge in [-0.3, -0.25) is 0 Å². The zero-order valence-electron chi connectivity index (χ0n) is 11.4. The number of hydrogen-bond donors (Lipinski definition) is 2. The molecule has 0 radical (unpaired) electrons. The Morgan fingerprint density at radius 3 is 2.67 bits per heavy atom. The molecule has 2 aromatic rings. The molecule has 3 rings (SSSR count). The number of anilines is 1. The molecule has 0 unspecified atom stereocenters. The third-order valence-corrected chi connectivity index (χ3v) is 3.88. The van der Waals surface area contributed by atoms with E-state index in [4.69, 9.17) is 16.7 Å². The first-order valence-electron chi connectivity index (χ1n) is 6.90. The summed E-state index contributed by atoms with van der Waals surface area (Å²) >= 11 is 6.15. The first-order chi connectivity index (χ1) is 10.3. The molecule has 1 heterocycles. The van der Waals surface area contributed by atoms with Gasteiger partial charge in [-0.2, -0.15) is 0 Å². The van der Waals surface area contributed by atoms with E-state index in [1.165, 1.54) is 0 Å². The fourth-order valence-corrected chi connectivity index (χ4v) is 2.66. The van der Waals surface area contributed by atoms with Crippen molar-refractivity contribution in [2.75, 3.05) is 11.9 Å². The Hall–Kier alpha value is -1.91. The molecule has 0 fully saturated rings. The van der Waals surface area contributed by atoms with Gasteiger partial charge < -0.3 is 10.4 Å². The van der Waals surface area contributed by atoms with E-state index in [9.17, 15) is 0 Å². The van der Waals surface area contributed by atoms with Crippen LogP contribution in [0.5, 0.6) is 0 Å². The first-order valence-corrected chi connectivity index (χ1v) is 7.28. The number of hydrogen-bond acceptors (Lipinski definition) is 4. The van der Waals surface area contributed by atoms with Crippen molar-refractivity contribution in [2.45, 2.75) is 12.5 Å². The minimum Gasteiger partial charge on any atom is -0.396 e. The highest BCUT2D eigenvalue weighted by atomic mass is 35.5. The molecule has 0 saturated carbocycles. The van der Waals surface area contributed by atoms with Crippen LogP contribution in [0, 0.1) is 5.92 Å². The van der Waals surface area contributed by atoms with Crippen LogP contribution in [0.4, 0.5) is 5.82 Å². The fourth-order valence-electron chi connectivity index (χ4n) is 2.43. The quantitative estimate of drug-likeness (QED) is 0.852. The van der Waals surface area contributed by atoms with Crippen molar-refractivity contribution in [3.63, 3.8) is 0 Å². The Kier molecular flexibility index (Phi) is 4.18. The van der Waals surface area contributed by atoms with E-state index in [1.54, 1.807) is 0 Å². The summed E-state index contributed by atoms with van der Waals surface area (Å²) in [7, 11) is 0. The Morgan fingerprint density at radius 1 is 1.14 bits per heavy atom. The molecule has 0 bridgehead atoms.